The predicted octanol–water partition coefficient (Wildman–Crippen LogP) is 2.15. The van der Waals surface area contributed by atoms with E-state index >= 15 is 0 Å². The van der Waals surface area contributed by atoms with E-state index in [-0.39, 0.29) is 17.9 Å². The van der Waals surface area contributed by atoms with Crippen LogP contribution in [0, 0.1) is 0 Å². The molecule has 2 aromatic rings. The minimum absolute atomic E-state index is 0.0129. The molecule has 1 amide bonds. The van der Waals surface area contributed by atoms with Gasteiger partial charge in [0.2, 0.25) is 5.91 Å². The SMILES string of the molecule is O=C1NN[C@H](c2ccccc2)[C@@H]1c1ccccc1. The first-order valence-corrected chi connectivity index (χ1v) is 6.01. The number of nitrogens with one attached hydrogen (secondary N) is 2. The van der Waals surface area contributed by atoms with Gasteiger partial charge in [0.1, 0.15) is 0 Å². The van der Waals surface area contributed by atoms with E-state index in [0.29, 0.717) is 0 Å². The van der Waals surface area contributed by atoms with E-state index in [1.165, 1.54) is 0 Å². The van der Waals surface area contributed by atoms with Crippen LogP contribution in [0.2, 0.25) is 0 Å². The highest BCUT2D eigenvalue weighted by Crippen LogP contribution is 2.33. The third-order valence-corrected chi connectivity index (χ3v) is 3.28. The van der Waals surface area contributed by atoms with Crippen LogP contribution in [-0.2, 0) is 4.79 Å². The highest BCUT2D eigenvalue weighted by molar-refractivity contribution is 5.86. The maximum Gasteiger partial charge on any atom is 0.243 e. The molecule has 90 valence electrons. The van der Waals surface area contributed by atoms with Gasteiger partial charge in [-0.2, -0.15) is 0 Å². The van der Waals surface area contributed by atoms with Crippen LogP contribution in [-0.4, -0.2) is 5.91 Å². The van der Waals surface area contributed by atoms with E-state index in [2.05, 4.69) is 10.9 Å². The van der Waals surface area contributed by atoms with E-state index in [0.717, 1.165) is 11.1 Å². The molecule has 3 heteroatoms. The Kier molecular flexibility index (Phi) is 2.82. The second-order valence-corrected chi connectivity index (χ2v) is 4.41. The molecule has 2 atom stereocenters. The molecule has 1 aliphatic rings. The summed E-state index contributed by atoms with van der Waals surface area (Å²) in [6, 6.07) is 19.9. The Morgan fingerprint density at radius 3 is 1.94 bits per heavy atom. The van der Waals surface area contributed by atoms with Crippen molar-refractivity contribution in [2.45, 2.75) is 12.0 Å². The minimum atomic E-state index is -0.173. The average Bonchev–Trinajstić information content (AvgIpc) is 2.83. The van der Waals surface area contributed by atoms with Crippen molar-refractivity contribution >= 4 is 5.91 Å². The third-order valence-electron chi connectivity index (χ3n) is 3.28. The van der Waals surface area contributed by atoms with Crippen molar-refractivity contribution in [3.63, 3.8) is 0 Å². The first-order chi connectivity index (χ1) is 8.86. The summed E-state index contributed by atoms with van der Waals surface area (Å²) in [6.07, 6.45) is 0. The standard InChI is InChI=1S/C15H14N2O/c18-15-13(11-7-3-1-4-8-11)14(16-17-15)12-9-5-2-6-10-12/h1-10,13-14,16H,(H,17,18)/t13-,14+/m0/s1. The summed E-state index contributed by atoms with van der Waals surface area (Å²) in [4.78, 5) is 12.0. The zero-order chi connectivity index (χ0) is 12.4. The van der Waals surface area contributed by atoms with Gasteiger partial charge in [-0.05, 0) is 11.1 Å². The molecular formula is C15H14N2O. The molecular weight excluding hydrogens is 224 g/mol. The Labute approximate surface area is 106 Å². The molecule has 1 saturated heterocycles. The number of hydrogen-bond acceptors (Lipinski definition) is 2. The van der Waals surface area contributed by atoms with E-state index < -0.39 is 0 Å². The lowest BCUT2D eigenvalue weighted by molar-refractivity contribution is -0.120. The van der Waals surface area contributed by atoms with Crippen LogP contribution < -0.4 is 10.9 Å². The lowest BCUT2D eigenvalue weighted by Gasteiger charge is -2.17. The maximum absolute atomic E-state index is 12.0. The summed E-state index contributed by atoms with van der Waals surface area (Å²) in [5, 5.41) is 0. The molecule has 3 rings (SSSR count). The molecule has 0 spiro atoms. The number of carbonyl (C=O) groups excluding carboxylic acids is 1. The normalized spacial score (nSPS) is 22.8. The summed E-state index contributed by atoms with van der Waals surface area (Å²) in [5.41, 5.74) is 7.95. The van der Waals surface area contributed by atoms with Gasteiger partial charge < -0.3 is 0 Å². The molecule has 1 fully saturated rings. The van der Waals surface area contributed by atoms with Gasteiger partial charge >= 0.3 is 0 Å². The van der Waals surface area contributed by atoms with Crippen LogP contribution in [0.5, 0.6) is 0 Å². The fourth-order valence-corrected chi connectivity index (χ4v) is 2.40. The number of benzene rings is 2. The van der Waals surface area contributed by atoms with Crippen molar-refractivity contribution in [3.8, 4) is 0 Å². The Hall–Kier alpha value is -2.13. The maximum atomic E-state index is 12.0. The Morgan fingerprint density at radius 1 is 0.778 bits per heavy atom. The van der Waals surface area contributed by atoms with Crippen LogP contribution in [0.15, 0.2) is 60.7 Å². The van der Waals surface area contributed by atoms with Crippen molar-refractivity contribution < 1.29 is 4.79 Å². The van der Waals surface area contributed by atoms with Gasteiger partial charge in [-0.1, -0.05) is 60.7 Å². The fourth-order valence-electron chi connectivity index (χ4n) is 2.40. The van der Waals surface area contributed by atoms with Crippen molar-refractivity contribution in [2.75, 3.05) is 0 Å². The number of carbonyl (C=O) groups is 1. The van der Waals surface area contributed by atoms with E-state index in [1.807, 2.05) is 60.7 Å². The zero-order valence-corrected chi connectivity index (χ0v) is 9.84. The summed E-state index contributed by atoms with van der Waals surface area (Å²) < 4.78 is 0. The first-order valence-electron chi connectivity index (χ1n) is 6.01. The summed E-state index contributed by atoms with van der Waals surface area (Å²) >= 11 is 0. The van der Waals surface area contributed by atoms with Crippen LogP contribution in [0.25, 0.3) is 0 Å². The van der Waals surface area contributed by atoms with Gasteiger partial charge in [-0.3, -0.25) is 10.2 Å². The van der Waals surface area contributed by atoms with Gasteiger partial charge in [-0.25, -0.2) is 5.43 Å². The quantitative estimate of drug-likeness (QED) is 0.841. The van der Waals surface area contributed by atoms with Crippen molar-refractivity contribution in [3.05, 3.63) is 71.8 Å². The molecule has 2 N–H and O–H groups in total. The first kappa shape index (κ1) is 11.0. The number of hydrogen-bond donors (Lipinski definition) is 2. The van der Waals surface area contributed by atoms with Gasteiger partial charge in [0.15, 0.2) is 0 Å². The summed E-state index contributed by atoms with van der Waals surface area (Å²) in [6.45, 7) is 0. The Bertz CT molecular complexity index is 539. The molecule has 0 aromatic heterocycles. The molecule has 1 heterocycles. The molecule has 3 nitrogen and oxygen atoms in total. The zero-order valence-electron chi connectivity index (χ0n) is 9.84. The molecule has 2 aromatic carbocycles. The lowest BCUT2D eigenvalue weighted by Crippen LogP contribution is -2.27. The number of amides is 1. The largest absolute Gasteiger partial charge is 0.290 e. The van der Waals surface area contributed by atoms with Crippen LogP contribution in [0.1, 0.15) is 23.1 Å². The number of rotatable bonds is 2. The molecule has 0 bridgehead atoms. The van der Waals surface area contributed by atoms with Crippen molar-refractivity contribution in [2.24, 2.45) is 0 Å². The van der Waals surface area contributed by atoms with E-state index in [9.17, 15) is 4.79 Å². The summed E-state index contributed by atoms with van der Waals surface area (Å²) in [5.74, 6) is -0.149. The van der Waals surface area contributed by atoms with Gasteiger partial charge in [0.05, 0.1) is 12.0 Å². The van der Waals surface area contributed by atoms with Gasteiger partial charge in [0, 0.05) is 0 Å². The monoisotopic (exact) mass is 238 g/mol. The fraction of sp³-hybridized carbons (Fsp3) is 0.133. The molecule has 0 radical (unpaired) electrons. The van der Waals surface area contributed by atoms with Crippen LogP contribution in [0.4, 0.5) is 0 Å². The van der Waals surface area contributed by atoms with Crippen LogP contribution in [0.3, 0.4) is 0 Å². The molecule has 0 unspecified atom stereocenters. The highest BCUT2D eigenvalue weighted by atomic mass is 16.2. The minimum Gasteiger partial charge on any atom is -0.290 e. The Balaban J connectivity index is 1.98. The summed E-state index contributed by atoms with van der Waals surface area (Å²) in [7, 11) is 0. The average molecular weight is 238 g/mol. The lowest BCUT2D eigenvalue weighted by atomic mass is 9.88. The highest BCUT2D eigenvalue weighted by Gasteiger charge is 2.36. The van der Waals surface area contributed by atoms with Crippen LogP contribution >= 0.6 is 0 Å². The Morgan fingerprint density at radius 2 is 1.33 bits per heavy atom. The molecule has 0 saturated carbocycles. The third kappa shape index (κ3) is 1.89. The van der Waals surface area contributed by atoms with Gasteiger partial charge in [0.25, 0.3) is 0 Å². The van der Waals surface area contributed by atoms with E-state index in [4.69, 9.17) is 0 Å². The second kappa shape index (κ2) is 4.63. The smallest absolute Gasteiger partial charge is 0.243 e. The van der Waals surface area contributed by atoms with Crippen molar-refractivity contribution in [1.29, 1.82) is 0 Å². The molecule has 1 aliphatic heterocycles. The molecule has 18 heavy (non-hydrogen) atoms. The predicted molar refractivity (Wildman–Crippen MR) is 69.6 cm³/mol. The van der Waals surface area contributed by atoms with Crippen molar-refractivity contribution in [1.82, 2.24) is 10.9 Å². The molecule has 0 aliphatic carbocycles. The van der Waals surface area contributed by atoms with E-state index in [1.54, 1.807) is 0 Å². The number of hydrazine groups is 1. The topological polar surface area (TPSA) is 41.1 Å². The second-order valence-electron chi connectivity index (χ2n) is 4.41. The van der Waals surface area contributed by atoms with Gasteiger partial charge in [-0.15, -0.1) is 0 Å².